The fraction of sp³-hybridized carbons (Fsp3) is 0.571. The van der Waals surface area contributed by atoms with Crippen LogP contribution < -0.4 is 4.90 Å². The molecule has 0 radical (unpaired) electrons. The van der Waals surface area contributed by atoms with Gasteiger partial charge in [-0.15, -0.1) is 0 Å². The fourth-order valence-electron chi connectivity index (χ4n) is 2.50. The summed E-state index contributed by atoms with van der Waals surface area (Å²) in [7, 11) is 0. The first kappa shape index (κ1) is 11.5. The maximum absolute atomic E-state index is 9.33. The van der Waals surface area contributed by atoms with Gasteiger partial charge in [0.2, 0.25) is 0 Å². The number of benzene rings is 1. The minimum absolute atomic E-state index is 0.138. The Morgan fingerprint density at radius 3 is 2.75 bits per heavy atom. The summed E-state index contributed by atoms with van der Waals surface area (Å²) in [4.78, 5) is 2.41. The van der Waals surface area contributed by atoms with Crippen molar-refractivity contribution >= 4 is 5.69 Å². The van der Waals surface area contributed by atoms with Gasteiger partial charge in [0.1, 0.15) is 0 Å². The Morgan fingerprint density at radius 2 is 2.12 bits per heavy atom. The lowest BCUT2D eigenvalue weighted by atomic mass is 9.95. The number of hydrogen-bond acceptors (Lipinski definition) is 2. The first-order valence-corrected chi connectivity index (χ1v) is 6.16. The van der Waals surface area contributed by atoms with Crippen LogP contribution in [-0.2, 0) is 6.61 Å². The molecule has 2 rings (SSSR count). The van der Waals surface area contributed by atoms with Crippen molar-refractivity contribution in [2.45, 2.75) is 26.9 Å². The van der Waals surface area contributed by atoms with Gasteiger partial charge in [-0.05, 0) is 24.3 Å². The summed E-state index contributed by atoms with van der Waals surface area (Å²) in [6, 6.07) is 8.18. The first-order valence-electron chi connectivity index (χ1n) is 6.16. The van der Waals surface area contributed by atoms with E-state index in [-0.39, 0.29) is 6.61 Å². The van der Waals surface area contributed by atoms with Gasteiger partial charge in [-0.1, -0.05) is 32.0 Å². The van der Waals surface area contributed by atoms with Gasteiger partial charge in [0.15, 0.2) is 0 Å². The molecule has 1 fully saturated rings. The predicted molar refractivity (Wildman–Crippen MR) is 67.5 cm³/mol. The molecule has 0 saturated carbocycles. The highest BCUT2D eigenvalue weighted by molar-refractivity contribution is 5.54. The summed E-state index contributed by atoms with van der Waals surface area (Å²) < 4.78 is 0. The molecule has 1 heterocycles. The fourth-order valence-corrected chi connectivity index (χ4v) is 2.50. The van der Waals surface area contributed by atoms with Crippen LogP contribution in [0.1, 0.15) is 25.8 Å². The topological polar surface area (TPSA) is 23.5 Å². The van der Waals surface area contributed by atoms with Crippen LogP contribution in [0, 0.1) is 11.8 Å². The maximum Gasteiger partial charge on any atom is 0.0702 e. The average molecular weight is 219 g/mol. The molecule has 0 amide bonds. The molecule has 1 aromatic carbocycles. The van der Waals surface area contributed by atoms with E-state index in [9.17, 15) is 5.11 Å². The number of rotatable bonds is 3. The Labute approximate surface area is 97.9 Å². The molecule has 2 nitrogen and oxygen atoms in total. The molecule has 0 spiro atoms. The molecule has 1 unspecified atom stereocenters. The Bertz CT molecular complexity index is 348. The molecule has 1 saturated heterocycles. The zero-order chi connectivity index (χ0) is 11.5. The van der Waals surface area contributed by atoms with Crippen molar-refractivity contribution in [1.29, 1.82) is 0 Å². The van der Waals surface area contributed by atoms with E-state index in [0.717, 1.165) is 30.5 Å². The summed E-state index contributed by atoms with van der Waals surface area (Å²) in [6.07, 6.45) is 1.28. The Morgan fingerprint density at radius 1 is 1.38 bits per heavy atom. The van der Waals surface area contributed by atoms with Gasteiger partial charge in [-0.2, -0.15) is 0 Å². The lowest BCUT2D eigenvalue weighted by Crippen LogP contribution is -2.22. The van der Waals surface area contributed by atoms with Crippen molar-refractivity contribution in [3.05, 3.63) is 29.8 Å². The molecule has 0 bridgehead atoms. The lowest BCUT2D eigenvalue weighted by Gasteiger charge is -2.22. The number of aliphatic hydroxyl groups excluding tert-OH is 1. The van der Waals surface area contributed by atoms with Crippen molar-refractivity contribution in [3.63, 3.8) is 0 Å². The first-order chi connectivity index (χ1) is 7.72. The largest absolute Gasteiger partial charge is 0.392 e. The minimum atomic E-state index is 0.138. The zero-order valence-electron chi connectivity index (χ0n) is 10.2. The van der Waals surface area contributed by atoms with Crippen LogP contribution >= 0.6 is 0 Å². The van der Waals surface area contributed by atoms with Gasteiger partial charge in [0.25, 0.3) is 0 Å². The summed E-state index contributed by atoms with van der Waals surface area (Å²) >= 11 is 0. The van der Waals surface area contributed by atoms with Gasteiger partial charge >= 0.3 is 0 Å². The molecular formula is C14H21NO. The van der Waals surface area contributed by atoms with Crippen LogP contribution in [0.3, 0.4) is 0 Å². The zero-order valence-corrected chi connectivity index (χ0v) is 10.2. The van der Waals surface area contributed by atoms with Crippen molar-refractivity contribution in [1.82, 2.24) is 0 Å². The second-order valence-electron chi connectivity index (χ2n) is 5.03. The average Bonchev–Trinajstić information content (AvgIpc) is 2.78. The second kappa shape index (κ2) is 4.88. The van der Waals surface area contributed by atoms with Crippen LogP contribution in [0.2, 0.25) is 0 Å². The Kier molecular flexibility index (Phi) is 3.49. The highest BCUT2D eigenvalue weighted by Crippen LogP contribution is 2.30. The highest BCUT2D eigenvalue weighted by Gasteiger charge is 2.25. The Hall–Kier alpha value is -1.02. The van der Waals surface area contributed by atoms with E-state index in [2.05, 4.69) is 30.9 Å². The molecule has 1 aromatic rings. The number of aliphatic hydroxyl groups is 1. The molecule has 16 heavy (non-hydrogen) atoms. The third-order valence-corrected chi connectivity index (χ3v) is 3.67. The molecule has 1 aliphatic heterocycles. The standard InChI is InChI=1S/C14H21NO/c1-11(2)12-7-8-15(9-12)14-6-4-3-5-13(14)10-16/h3-6,11-12,16H,7-10H2,1-2H3. The van der Waals surface area contributed by atoms with Crippen molar-refractivity contribution < 1.29 is 5.11 Å². The lowest BCUT2D eigenvalue weighted by molar-refractivity contribution is 0.282. The van der Waals surface area contributed by atoms with E-state index in [0.29, 0.717) is 0 Å². The van der Waals surface area contributed by atoms with E-state index in [1.807, 2.05) is 12.1 Å². The molecule has 0 aromatic heterocycles. The maximum atomic E-state index is 9.33. The van der Waals surface area contributed by atoms with Gasteiger partial charge in [0, 0.05) is 24.3 Å². The third-order valence-electron chi connectivity index (χ3n) is 3.67. The number of nitrogens with zero attached hydrogens (tertiary/aromatic N) is 1. The van der Waals surface area contributed by atoms with Crippen molar-refractivity contribution in [3.8, 4) is 0 Å². The Balaban J connectivity index is 2.14. The van der Waals surface area contributed by atoms with Gasteiger partial charge in [-0.25, -0.2) is 0 Å². The quantitative estimate of drug-likeness (QED) is 0.845. The van der Waals surface area contributed by atoms with Crippen LogP contribution in [0.15, 0.2) is 24.3 Å². The monoisotopic (exact) mass is 219 g/mol. The second-order valence-corrected chi connectivity index (χ2v) is 5.03. The van der Waals surface area contributed by atoms with E-state index < -0.39 is 0 Å². The SMILES string of the molecule is CC(C)C1CCN(c2ccccc2CO)C1. The van der Waals surface area contributed by atoms with E-state index >= 15 is 0 Å². The molecule has 1 atom stereocenters. The van der Waals surface area contributed by atoms with Crippen molar-refractivity contribution in [2.75, 3.05) is 18.0 Å². The van der Waals surface area contributed by atoms with Crippen LogP contribution in [-0.4, -0.2) is 18.2 Å². The van der Waals surface area contributed by atoms with Gasteiger partial charge in [0.05, 0.1) is 6.61 Å². The number of anilines is 1. The molecule has 1 aliphatic rings. The molecule has 88 valence electrons. The van der Waals surface area contributed by atoms with E-state index in [1.54, 1.807) is 0 Å². The van der Waals surface area contributed by atoms with Crippen LogP contribution in [0.25, 0.3) is 0 Å². The summed E-state index contributed by atoms with van der Waals surface area (Å²) in [5.74, 6) is 1.55. The number of hydrogen-bond donors (Lipinski definition) is 1. The van der Waals surface area contributed by atoms with Crippen LogP contribution in [0.5, 0.6) is 0 Å². The summed E-state index contributed by atoms with van der Waals surface area (Å²) in [5.41, 5.74) is 2.26. The van der Waals surface area contributed by atoms with Crippen molar-refractivity contribution in [2.24, 2.45) is 11.8 Å². The van der Waals surface area contributed by atoms with E-state index in [4.69, 9.17) is 0 Å². The highest BCUT2D eigenvalue weighted by atomic mass is 16.3. The summed E-state index contributed by atoms with van der Waals surface area (Å²) in [5, 5.41) is 9.33. The molecule has 2 heteroatoms. The number of para-hydroxylation sites is 1. The van der Waals surface area contributed by atoms with Gasteiger partial charge < -0.3 is 10.0 Å². The van der Waals surface area contributed by atoms with Gasteiger partial charge in [-0.3, -0.25) is 0 Å². The third kappa shape index (κ3) is 2.22. The predicted octanol–water partition coefficient (Wildman–Crippen LogP) is 2.66. The molecule has 1 N–H and O–H groups in total. The summed E-state index contributed by atoms with van der Waals surface area (Å²) in [6.45, 7) is 6.99. The molecular weight excluding hydrogens is 198 g/mol. The van der Waals surface area contributed by atoms with E-state index in [1.165, 1.54) is 12.1 Å². The smallest absolute Gasteiger partial charge is 0.0702 e. The minimum Gasteiger partial charge on any atom is -0.392 e. The molecule has 0 aliphatic carbocycles. The van der Waals surface area contributed by atoms with Crippen LogP contribution in [0.4, 0.5) is 5.69 Å². The normalized spacial score (nSPS) is 20.8.